The number of hydrogen-bond acceptors (Lipinski definition) is 4. The van der Waals surface area contributed by atoms with Crippen molar-refractivity contribution in [2.75, 3.05) is 4.90 Å². The smallest absolute Gasteiger partial charge is 0.279 e. The number of oxime groups is 1. The van der Waals surface area contributed by atoms with Crippen molar-refractivity contribution < 1.29 is 14.4 Å². The first-order valence-electron chi connectivity index (χ1n) is 7.20. The summed E-state index contributed by atoms with van der Waals surface area (Å²) in [5.41, 5.74) is 1.57. The fourth-order valence-electron chi connectivity index (χ4n) is 2.91. The van der Waals surface area contributed by atoms with Gasteiger partial charge in [-0.05, 0) is 24.3 Å². The summed E-state index contributed by atoms with van der Waals surface area (Å²) in [5.74, 6) is -1.58. The number of carbonyl (C=O) groups is 2. The third kappa shape index (κ3) is 2.25. The van der Waals surface area contributed by atoms with Gasteiger partial charge in [0.1, 0.15) is 11.6 Å². The Labute approximate surface area is 151 Å². The maximum absolute atomic E-state index is 12.9. The van der Waals surface area contributed by atoms with Crippen LogP contribution in [0.3, 0.4) is 0 Å². The molecule has 0 aromatic heterocycles. The first-order chi connectivity index (χ1) is 11.6. The molecule has 1 fully saturated rings. The van der Waals surface area contributed by atoms with Crippen molar-refractivity contribution in [3.8, 4) is 0 Å². The van der Waals surface area contributed by atoms with Crippen LogP contribution in [0.5, 0.6) is 0 Å². The molecule has 0 bridgehead atoms. The Morgan fingerprint density at radius 2 is 1.75 bits per heavy atom. The molecule has 2 amide bonds. The van der Waals surface area contributed by atoms with Gasteiger partial charge in [-0.2, -0.15) is 0 Å². The van der Waals surface area contributed by atoms with Crippen molar-refractivity contribution in [2.24, 2.45) is 11.1 Å². The van der Waals surface area contributed by atoms with E-state index in [-0.39, 0.29) is 5.91 Å². The molecule has 2 atom stereocenters. The van der Waals surface area contributed by atoms with Gasteiger partial charge in [0.2, 0.25) is 12.0 Å². The lowest BCUT2D eigenvalue weighted by Crippen LogP contribution is -2.33. The number of fused-ring (bicyclic) bond motifs is 1. The van der Waals surface area contributed by atoms with Gasteiger partial charge in [-0.25, -0.2) is 4.90 Å². The molecular formula is C17H10BrClN2O3. The number of rotatable bonds is 2. The number of hydrogen-bond donors (Lipinski definition) is 0. The molecule has 5 nitrogen and oxygen atoms in total. The molecule has 2 heterocycles. The van der Waals surface area contributed by atoms with Crippen LogP contribution in [0.1, 0.15) is 5.56 Å². The van der Waals surface area contributed by atoms with Gasteiger partial charge in [0.05, 0.1) is 10.7 Å². The van der Waals surface area contributed by atoms with Crippen LogP contribution in [-0.2, 0) is 14.4 Å². The Bertz CT molecular complexity index is 882. The number of imide groups is 1. The summed E-state index contributed by atoms with van der Waals surface area (Å²) in [7, 11) is 0. The van der Waals surface area contributed by atoms with E-state index in [0.717, 1.165) is 14.9 Å². The second-order valence-electron chi connectivity index (χ2n) is 5.45. The number of amides is 2. The fraction of sp³-hybridized carbons (Fsp3) is 0.118. The number of carbonyl (C=O) groups excluding carboxylic acids is 2. The van der Waals surface area contributed by atoms with Gasteiger partial charge in [0.15, 0.2) is 0 Å². The minimum absolute atomic E-state index is 0.335. The van der Waals surface area contributed by atoms with E-state index >= 15 is 0 Å². The molecule has 7 heteroatoms. The fourth-order valence-corrected chi connectivity index (χ4v) is 3.39. The van der Waals surface area contributed by atoms with Crippen LogP contribution in [-0.4, -0.2) is 23.6 Å². The van der Waals surface area contributed by atoms with Gasteiger partial charge in [0, 0.05) is 10.0 Å². The molecule has 120 valence electrons. The predicted molar refractivity (Wildman–Crippen MR) is 93.0 cm³/mol. The first kappa shape index (κ1) is 15.4. The number of anilines is 1. The van der Waals surface area contributed by atoms with Crippen molar-refractivity contribution in [3.63, 3.8) is 0 Å². The Hall–Kier alpha value is -2.18. The van der Waals surface area contributed by atoms with E-state index in [1.165, 1.54) is 0 Å². The predicted octanol–water partition coefficient (Wildman–Crippen LogP) is 3.40. The maximum Gasteiger partial charge on any atom is 0.279 e. The normalized spacial score (nSPS) is 22.4. The molecule has 1 saturated heterocycles. The van der Waals surface area contributed by atoms with Crippen molar-refractivity contribution in [3.05, 3.63) is 63.6 Å². The topological polar surface area (TPSA) is 59.0 Å². The highest BCUT2D eigenvalue weighted by Gasteiger charge is 2.56. The van der Waals surface area contributed by atoms with Crippen LogP contribution in [0, 0.1) is 5.92 Å². The minimum Gasteiger partial charge on any atom is -0.381 e. The molecular weight excluding hydrogens is 396 g/mol. The summed E-state index contributed by atoms with van der Waals surface area (Å²) in [6.45, 7) is 0. The molecule has 2 aromatic carbocycles. The van der Waals surface area contributed by atoms with Crippen LogP contribution in [0.25, 0.3) is 0 Å². The molecule has 0 N–H and O–H groups in total. The summed E-state index contributed by atoms with van der Waals surface area (Å²) in [5, 5.41) is 4.31. The number of nitrogens with zero attached hydrogens (tertiary/aromatic N) is 2. The molecule has 0 unspecified atom stereocenters. The van der Waals surface area contributed by atoms with Gasteiger partial charge in [-0.15, -0.1) is 0 Å². The highest BCUT2D eigenvalue weighted by atomic mass is 79.9. The lowest BCUT2D eigenvalue weighted by Gasteiger charge is -2.16. The van der Waals surface area contributed by atoms with Crippen molar-refractivity contribution in [2.45, 2.75) is 6.10 Å². The van der Waals surface area contributed by atoms with Gasteiger partial charge in [-0.1, -0.05) is 57.0 Å². The van der Waals surface area contributed by atoms with Crippen molar-refractivity contribution >= 4 is 50.7 Å². The Morgan fingerprint density at radius 3 is 2.46 bits per heavy atom. The SMILES string of the molecule is O=C1[C@@H]2C(c3ccc(Br)cc3)=NO[C@@H]2C(=O)N1c1ccccc1Cl. The highest BCUT2D eigenvalue weighted by Crippen LogP contribution is 2.37. The van der Waals surface area contributed by atoms with E-state index < -0.39 is 17.9 Å². The van der Waals surface area contributed by atoms with Crippen LogP contribution < -0.4 is 4.90 Å². The zero-order valence-corrected chi connectivity index (χ0v) is 14.5. The summed E-state index contributed by atoms with van der Waals surface area (Å²) in [4.78, 5) is 31.9. The minimum atomic E-state index is -0.938. The Balaban J connectivity index is 1.73. The van der Waals surface area contributed by atoms with Crippen molar-refractivity contribution in [1.82, 2.24) is 0 Å². The van der Waals surface area contributed by atoms with Gasteiger partial charge >= 0.3 is 0 Å². The molecule has 0 aliphatic carbocycles. The van der Waals surface area contributed by atoms with Gasteiger partial charge in [0.25, 0.3) is 5.91 Å². The second kappa shape index (κ2) is 5.72. The van der Waals surface area contributed by atoms with Crippen LogP contribution >= 0.6 is 27.5 Å². The first-order valence-corrected chi connectivity index (χ1v) is 8.37. The van der Waals surface area contributed by atoms with Gasteiger partial charge in [-0.3, -0.25) is 9.59 Å². The maximum atomic E-state index is 12.9. The van der Waals surface area contributed by atoms with E-state index in [2.05, 4.69) is 21.1 Å². The largest absolute Gasteiger partial charge is 0.381 e. The second-order valence-corrected chi connectivity index (χ2v) is 6.77. The molecule has 4 rings (SSSR count). The average Bonchev–Trinajstić information content (AvgIpc) is 3.11. The lowest BCUT2D eigenvalue weighted by atomic mass is 9.94. The molecule has 0 saturated carbocycles. The summed E-state index contributed by atoms with van der Waals surface area (Å²) < 4.78 is 0.911. The Morgan fingerprint density at radius 1 is 1.04 bits per heavy atom. The molecule has 24 heavy (non-hydrogen) atoms. The standard InChI is InChI=1S/C17H10BrClN2O3/c18-10-7-5-9(6-8-10)14-13-15(24-20-14)17(23)21(16(13)22)12-4-2-1-3-11(12)19/h1-8,13,15H/t13-,15+/m1/s1. The third-order valence-electron chi connectivity index (χ3n) is 4.05. The molecule has 0 radical (unpaired) electrons. The van der Waals surface area contributed by atoms with E-state index in [0.29, 0.717) is 16.4 Å². The third-order valence-corrected chi connectivity index (χ3v) is 4.89. The van der Waals surface area contributed by atoms with E-state index in [1.807, 2.05) is 24.3 Å². The summed E-state index contributed by atoms with van der Waals surface area (Å²) >= 11 is 9.50. The molecule has 2 aliphatic rings. The molecule has 2 aromatic rings. The zero-order chi connectivity index (χ0) is 16.8. The number of para-hydroxylation sites is 1. The summed E-state index contributed by atoms with van der Waals surface area (Å²) in [6, 6.07) is 14.1. The zero-order valence-electron chi connectivity index (χ0n) is 12.1. The van der Waals surface area contributed by atoms with Gasteiger partial charge < -0.3 is 4.84 Å². The summed E-state index contributed by atoms with van der Waals surface area (Å²) in [6.07, 6.45) is -0.938. The van der Waals surface area contributed by atoms with Crippen LogP contribution in [0.2, 0.25) is 5.02 Å². The van der Waals surface area contributed by atoms with E-state index in [9.17, 15) is 9.59 Å². The average molecular weight is 406 g/mol. The monoisotopic (exact) mass is 404 g/mol. The quantitative estimate of drug-likeness (QED) is 0.720. The molecule has 2 aliphatic heterocycles. The van der Waals surface area contributed by atoms with E-state index in [4.69, 9.17) is 16.4 Å². The highest BCUT2D eigenvalue weighted by molar-refractivity contribution is 9.10. The van der Waals surface area contributed by atoms with E-state index in [1.54, 1.807) is 24.3 Å². The number of halogens is 2. The van der Waals surface area contributed by atoms with Crippen LogP contribution in [0.15, 0.2) is 58.2 Å². The molecule has 0 spiro atoms. The van der Waals surface area contributed by atoms with Crippen LogP contribution in [0.4, 0.5) is 5.69 Å². The van der Waals surface area contributed by atoms with Crippen molar-refractivity contribution in [1.29, 1.82) is 0 Å². The number of benzene rings is 2. The Kier molecular flexibility index (Phi) is 3.66. The lowest BCUT2D eigenvalue weighted by molar-refractivity contribution is -0.126.